The Bertz CT molecular complexity index is 363. The molecule has 0 aromatic rings. The summed E-state index contributed by atoms with van der Waals surface area (Å²) in [6.07, 6.45) is 2.35. The van der Waals surface area contributed by atoms with Gasteiger partial charge in [-0.1, -0.05) is 48.0 Å². The van der Waals surface area contributed by atoms with Crippen LogP contribution in [0.15, 0.2) is 0 Å². The predicted molar refractivity (Wildman–Crippen MR) is 120 cm³/mol. The van der Waals surface area contributed by atoms with E-state index in [4.69, 9.17) is 23.7 Å². The SMILES string of the molecule is CCN(CCOC)CCOCCOCCOCCOCC(C)(C)CC(C)(C)CC. The Morgan fingerprint density at radius 2 is 1.10 bits per heavy atom. The zero-order chi connectivity index (χ0) is 22.0. The maximum absolute atomic E-state index is 5.82. The average molecular weight is 420 g/mol. The number of methoxy groups -OCH3 is 1. The minimum Gasteiger partial charge on any atom is -0.383 e. The van der Waals surface area contributed by atoms with Gasteiger partial charge in [-0.15, -0.1) is 0 Å². The maximum Gasteiger partial charge on any atom is 0.0701 e. The second kappa shape index (κ2) is 17.4. The van der Waals surface area contributed by atoms with Gasteiger partial charge in [0.25, 0.3) is 0 Å². The van der Waals surface area contributed by atoms with Gasteiger partial charge in [0.1, 0.15) is 0 Å². The molecule has 0 aliphatic carbocycles. The van der Waals surface area contributed by atoms with Crippen LogP contribution in [0.1, 0.15) is 54.4 Å². The van der Waals surface area contributed by atoms with E-state index < -0.39 is 0 Å². The van der Waals surface area contributed by atoms with Crippen molar-refractivity contribution in [1.29, 1.82) is 0 Å². The molecule has 0 saturated heterocycles. The van der Waals surface area contributed by atoms with Gasteiger partial charge in [-0.3, -0.25) is 4.90 Å². The van der Waals surface area contributed by atoms with Gasteiger partial charge in [-0.05, 0) is 23.8 Å². The zero-order valence-electron chi connectivity index (χ0n) is 20.4. The molecule has 0 atom stereocenters. The Hall–Kier alpha value is -0.240. The van der Waals surface area contributed by atoms with E-state index >= 15 is 0 Å². The summed E-state index contributed by atoms with van der Waals surface area (Å²) in [5, 5.41) is 0. The van der Waals surface area contributed by atoms with Crippen LogP contribution < -0.4 is 0 Å². The molecule has 0 aromatic heterocycles. The van der Waals surface area contributed by atoms with Gasteiger partial charge in [0, 0.05) is 20.2 Å². The fraction of sp³-hybridized carbons (Fsp3) is 1.00. The molecule has 0 N–H and O–H groups in total. The van der Waals surface area contributed by atoms with Crippen LogP contribution in [0, 0.1) is 10.8 Å². The van der Waals surface area contributed by atoms with Crippen LogP contribution in [0.3, 0.4) is 0 Å². The van der Waals surface area contributed by atoms with Gasteiger partial charge >= 0.3 is 0 Å². The lowest BCUT2D eigenvalue weighted by Gasteiger charge is -2.34. The van der Waals surface area contributed by atoms with Gasteiger partial charge < -0.3 is 23.7 Å². The first-order valence-electron chi connectivity index (χ1n) is 11.3. The lowest BCUT2D eigenvalue weighted by molar-refractivity contribution is -0.0194. The third-order valence-corrected chi connectivity index (χ3v) is 5.13. The van der Waals surface area contributed by atoms with Crippen LogP contribution in [0.5, 0.6) is 0 Å². The molecular weight excluding hydrogens is 370 g/mol. The Morgan fingerprint density at radius 1 is 0.621 bits per heavy atom. The lowest BCUT2D eigenvalue weighted by atomic mass is 9.74. The van der Waals surface area contributed by atoms with Crippen molar-refractivity contribution in [2.24, 2.45) is 10.8 Å². The molecule has 0 rings (SSSR count). The molecule has 0 spiro atoms. The Labute approximate surface area is 180 Å². The molecule has 176 valence electrons. The van der Waals surface area contributed by atoms with E-state index in [0.29, 0.717) is 45.1 Å². The van der Waals surface area contributed by atoms with Crippen LogP contribution in [0.4, 0.5) is 0 Å². The molecule has 0 bridgehead atoms. The Balaban J connectivity index is 3.43. The van der Waals surface area contributed by atoms with Crippen molar-refractivity contribution in [3.63, 3.8) is 0 Å². The summed E-state index contributed by atoms with van der Waals surface area (Å²) in [5.74, 6) is 0. The summed E-state index contributed by atoms with van der Waals surface area (Å²) in [7, 11) is 1.73. The second-order valence-electron chi connectivity index (χ2n) is 9.18. The minimum absolute atomic E-state index is 0.195. The Morgan fingerprint density at radius 3 is 1.59 bits per heavy atom. The van der Waals surface area contributed by atoms with Gasteiger partial charge in [-0.2, -0.15) is 0 Å². The van der Waals surface area contributed by atoms with Crippen molar-refractivity contribution in [2.75, 3.05) is 86.2 Å². The van der Waals surface area contributed by atoms with Crippen molar-refractivity contribution in [1.82, 2.24) is 4.90 Å². The highest BCUT2D eigenvalue weighted by atomic mass is 16.6. The quantitative estimate of drug-likeness (QED) is 0.263. The maximum atomic E-state index is 5.82. The van der Waals surface area contributed by atoms with E-state index in [1.807, 2.05) is 0 Å². The first-order valence-corrected chi connectivity index (χ1v) is 11.3. The molecule has 0 aliphatic rings. The molecule has 0 fully saturated rings. The molecule has 0 aliphatic heterocycles. The first-order chi connectivity index (χ1) is 13.8. The van der Waals surface area contributed by atoms with Crippen LogP contribution >= 0.6 is 0 Å². The minimum atomic E-state index is 0.195. The summed E-state index contributed by atoms with van der Waals surface area (Å²) in [5.41, 5.74) is 0.560. The Kier molecular flexibility index (Phi) is 17.3. The highest BCUT2D eigenvalue weighted by molar-refractivity contribution is 4.78. The van der Waals surface area contributed by atoms with Crippen molar-refractivity contribution in [3.05, 3.63) is 0 Å². The van der Waals surface area contributed by atoms with E-state index in [9.17, 15) is 0 Å². The first kappa shape index (κ1) is 28.8. The molecule has 0 heterocycles. The van der Waals surface area contributed by atoms with Gasteiger partial charge in [0.15, 0.2) is 0 Å². The summed E-state index contributed by atoms with van der Waals surface area (Å²) < 4.78 is 27.6. The van der Waals surface area contributed by atoms with E-state index in [1.54, 1.807) is 7.11 Å². The number of hydrogen-bond acceptors (Lipinski definition) is 6. The molecule has 0 saturated carbocycles. The highest BCUT2D eigenvalue weighted by Gasteiger charge is 2.27. The molecular formula is C23H49NO5. The third-order valence-electron chi connectivity index (χ3n) is 5.13. The number of hydrogen-bond donors (Lipinski definition) is 0. The number of rotatable bonds is 21. The monoisotopic (exact) mass is 419 g/mol. The smallest absolute Gasteiger partial charge is 0.0701 e. The lowest BCUT2D eigenvalue weighted by Crippen LogP contribution is -2.31. The van der Waals surface area contributed by atoms with Crippen molar-refractivity contribution in [2.45, 2.75) is 54.4 Å². The standard InChI is InChI=1S/C23H49NO5/c1-8-22(3,4)20-23(5,6)21-29-19-18-28-17-16-27-15-14-26-13-11-24(9-2)10-12-25-7/h8-21H2,1-7H3. The summed E-state index contributed by atoms with van der Waals surface area (Å²) in [6, 6.07) is 0. The number of ether oxygens (including phenoxy) is 5. The molecule has 0 amide bonds. The van der Waals surface area contributed by atoms with Crippen molar-refractivity contribution < 1.29 is 23.7 Å². The number of nitrogens with zero attached hydrogens (tertiary/aromatic N) is 1. The van der Waals surface area contributed by atoms with Crippen LogP contribution in [-0.2, 0) is 23.7 Å². The predicted octanol–water partition coefficient (Wildman–Crippen LogP) is 3.87. The number of likely N-dealkylation sites (N-methyl/N-ethyl adjacent to an activating group) is 1. The van der Waals surface area contributed by atoms with E-state index in [-0.39, 0.29) is 5.41 Å². The second-order valence-corrected chi connectivity index (χ2v) is 9.18. The van der Waals surface area contributed by atoms with Crippen molar-refractivity contribution in [3.8, 4) is 0 Å². The van der Waals surface area contributed by atoms with Gasteiger partial charge in [-0.25, -0.2) is 0 Å². The summed E-state index contributed by atoms with van der Waals surface area (Å²) in [6.45, 7) is 22.4. The fourth-order valence-corrected chi connectivity index (χ4v) is 3.32. The molecule has 6 nitrogen and oxygen atoms in total. The summed E-state index contributed by atoms with van der Waals surface area (Å²) in [4.78, 5) is 2.31. The van der Waals surface area contributed by atoms with E-state index in [1.165, 1.54) is 6.42 Å². The van der Waals surface area contributed by atoms with Gasteiger partial charge in [0.05, 0.1) is 59.5 Å². The van der Waals surface area contributed by atoms with E-state index in [0.717, 1.165) is 45.9 Å². The van der Waals surface area contributed by atoms with E-state index in [2.05, 4.69) is 46.4 Å². The van der Waals surface area contributed by atoms with Crippen LogP contribution in [0.25, 0.3) is 0 Å². The molecule has 0 aromatic carbocycles. The van der Waals surface area contributed by atoms with Gasteiger partial charge in [0.2, 0.25) is 0 Å². The zero-order valence-corrected chi connectivity index (χ0v) is 20.4. The average Bonchev–Trinajstić information content (AvgIpc) is 2.67. The molecule has 29 heavy (non-hydrogen) atoms. The highest BCUT2D eigenvalue weighted by Crippen LogP contribution is 2.35. The normalized spacial score (nSPS) is 12.8. The largest absolute Gasteiger partial charge is 0.383 e. The van der Waals surface area contributed by atoms with Crippen LogP contribution in [-0.4, -0.2) is 91.1 Å². The third kappa shape index (κ3) is 18.3. The molecule has 0 unspecified atom stereocenters. The van der Waals surface area contributed by atoms with Crippen molar-refractivity contribution >= 4 is 0 Å². The van der Waals surface area contributed by atoms with Crippen LogP contribution in [0.2, 0.25) is 0 Å². The summed E-state index contributed by atoms with van der Waals surface area (Å²) >= 11 is 0. The molecule has 6 heteroatoms. The topological polar surface area (TPSA) is 49.4 Å². The fourth-order valence-electron chi connectivity index (χ4n) is 3.32. The molecule has 0 radical (unpaired) electrons.